The van der Waals surface area contributed by atoms with E-state index in [4.69, 9.17) is 5.73 Å². The highest BCUT2D eigenvalue weighted by Crippen LogP contribution is 2.56. The van der Waals surface area contributed by atoms with Gasteiger partial charge in [0.05, 0.1) is 0 Å². The Labute approximate surface area is 132 Å². The maximum Gasteiger partial charge on any atom is 0.0320 e. The number of nitrogens with two attached hydrogens (primary N) is 1. The molecule has 2 fully saturated rings. The molecular formula is C21H23N. The molecule has 0 aromatic heterocycles. The van der Waals surface area contributed by atoms with Crippen LogP contribution in [0.25, 0.3) is 11.1 Å². The van der Waals surface area contributed by atoms with Crippen LogP contribution in [0.2, 0.25) is 0 Å². The first-order valence-corrected chi connectivity index (χ1v) is 8.78. The summed E-state index contributed by atoms with van der Waals surface area (Å²) >= 11 is 0. The molecule has 22 heavy (non-hydrogen) atoms. The standard InChI is InChI=1S/C21H23N/c22-16-7-8-17-14-5-6-15-10-13(9-14)11-20(15)18-3-1-2-4-19(18)21(17)12-16/h1-4,7-8,12-15,20H,5-6,9-11,22H2. The van der Waals surface area contributed by atoms with Gasteiger partial charge in [-0.15, -0.1) is 0 Å². The van der Waals surface area contributed by atoms with Crippen LogP contribution in [-0.2, 0) is 0 Å². The summed E-state index contributed by atoms with van der Waals surface area (Å²) in [5.74, 6) is 3.34. The molecule has 112 valence electrons. The number of fused-ring (bicyclic) bond motifs is 1. The van der Waals surface area contributed by atoms with Gasteiger partial charge in [-0.25, -0.2) is 0 Å². The van der Waals surface area contributed by atoms with Crippen molar-refractivity contribution < 1.29 is 0 Å². The molecule has 2 aromatic rings. The molecule has 0 saturated heterocycles. The van der Waals surface area contributed by atoms with Crippen molar-refractivity contribution in [1.29, 1.82) is 0 Å². The lowest BCUT2D eigenvalue weighted by molar-refractivity contribution is 0.407. The maximum absolute atomic E-state index is 6.14. The third-order valence-electron chi connectivity index (χ3n) is 6.46. The van der Waals surface area contributed by atoms with Crippen molar-refractivity contribution in [1.82, 2.24) is 0 Å². The molecule has 4 atom stereocenters. The van der Waals surface area contributed by atoms with Crippen molar-refractivity contribution in [3.63, 3.8) is 0 Å². The van der Waals surface area contributed by atoms with Crippen LogP contribution in [0.3, 0.4) is 0 Å². The zero-order valence-corrected chi connectivity index (χ0v) is 13.0. The van der Waals surface area contributed by atoms with Gasteiger partial charge >= 0.3 is 0 Å². The van der Waals surface area contributed by atoms with E-state index in [1.807, 2.05) is 0 Å². The molecule has 0 radical (unpaired) electrons. The molecule has 0 aliphatic heterocycles. The van der Waals surface area contributed by atoms with E-state index < -0.39 is 0 Å². The minimum absolute atomic E-state index is 0.734. The lowest BCUT2D eigenvalue weighted by Crippen LogP contribution is -2.08. The molecule has 4 aliphatic rings. The molecule has 4 aliphatic carbocycles. The van der Waals surface area contributed by atoms with Gasteiger partial charge in [0.15, 0.2) is 0 Å². The highest BCUT2D eigenvalue weighted by Gasteiger charge is 2.41. The van der Waals surface area contributed by atoms with E-state index in [2.05, 4.69) is 42.5 Å². The van der Waals surface area contributed by atoms with Gasteiger partial charge in [-0.2, -0.15) is 0 Å². The van der Waals surface area contributed by atoms with Gasteiger partial charge in [-0.1, -0.05) is 30.3 Å². The number of hydrogen-bond donors (Lipinski definition) is 1. The molecule has 4 unspecified atom stereocenters. The van der Waals surface area contributed by atoms with Crippen molar-refractivity contribution in [2.24, 2.45) is 11.8 Å². The molecule has 6 rings (SSSR count). The van der Waals surface area contributed by atoms with Gasteiger partial charge in [-0.3, -0.25) is 0 Å². The second-order valence-electron chi connectivity index (χ2n) is 7.65. The average Bonchev–Trinajstić information content (AvgIpc) is 2.84. The largest absolute Gasteiger partial charge is 0.399 e. The van der Waals surface area contributed by atoms with E-state index in [0.29, 0.717) is 0 Å². The van der Waals surface area contributed by atoms with Gasteiger partial charge in [0.25, 0.3) is 0 Å². The Morgan fingerprint density at radius 3 is 2.68 bits per heavy atom. The first-order valence-electron chi connectivity index (χ1n) is 8.78. The van der Waals surface area contributed by atoms with E-state index in [1.165, 1.54) is 43.2 Å². The predicted octanol–water partition coefficient (Wildman–Crippen LogP) is 5.33. The zero-order chi connectivity index (χ0) is 14.7. The molecule has 0 amide bonds. The second kappa shape index (κ2) is 4.62. The summed E-state index contributed by atoms with van der Waals surface area (Å²) in [6.07, 6.45) is 7.02. The van der Waals surface area contributed by atoms with Crippen molar-refractivity contribution >= 4 is 5.69 Å². The van der Waals surface area contributed by atoms with Crippen LogP contribution in [-0.4, -0.2) is 0 Å². The van der Waals surface area contributed by atoms with Crippen LogP contribution in [0.1, 0.15) is 55.1 Å². The van der Waals surface area contributed by atoms with E-state index in [-0.39, 0.29) is 0 Å². The minimum Gasteiger partial charge on any atom is -0.399 e. The monoisotopic (exact) mass is 289 g/mol. The summed E-state index contributed by atoms with van der Waals surface area (Å²) in [4.78, 5) is 0. The van der Waals surface area contributed by atoms with Gasteiger partial charge in [0, 0.05) is 5.69 Å². The molecule has 1 nitrogen and oxygen atoms in total. The SMILES string of the molecule is Nc1ccc2c(c1)-c1ccccc1C1CC3CC2CCC1C3. The van der Waals surface area contributed by atoms with E-state index >= 15 is 0 Å². The molecular weight excluding hydrogens is 266 g/mol. The van der Waals surface area contributed by atoms with Crippen LogP contribution >= 0.6 is 0 Å². The Hall–Kier alpha value is -1.76. The topological polar surface area (TPSA) is 26.0 Å². The highest BCUT2D eigenvalue weighted by molar-refractivity contribution is 5.75. The molecule has 1 heteroatoms. The molecule has 2 aromatic carbocycles. The fourth-order valence-corrected chi connectivity index (χ4v) is 5.58. The summed E-state index contributed by atoms with van der Waals surface area (Å²) in [6.45, 7) is 0. The Kier molecular flexibility index (Phi) is 2.68. The van der Waals surface area contributed by atoms with Crippen LogP contribution in [0.4, 0.5) is 5.69 Å². The van der Waals surface area contributed by atoms with Crippen molar-refractivity contribution in [2.45, 2.75) is 43.9 Å². The van der Waals surface area contributed by atoms with Crippen molar-refractivity contribution in [3.8, 4) is 11.1 Å². The Morgan fingerprint density at radius 2 is 1.73 bits per heavy atom. The summed E-state index contributed by atoms with van der Waals surface area (Å²) < 4.78 is 0. The summed E-state index contributed by atoms with van der Waals surface area (Å²) in [7, 11) is 0. The summed E-state index contributed by atoms with van der Waals surface area (Å²) in [5.41, 5.74) is 13.0. The quantitative estimate of drug-likeness (QED) is 0.652. The van der Waals surface area contributed by atoms with Crippen molar-refractivity contribution in [2.75, 3.05) is 5.73 Å². The van der Waals surface area contributed by atoms with Crippen molar-refractivity contribution in [3.05, 3.63) is 53.6 Å². The number of rotatable bonds is 0. The highest BCUT2D eigenvalue weighted by atomic mass is 14.5. The smallest absolute Gasteiger partial charge is 0.0320 e. The molecule has 0 spiro atoms. The van der Waals surface area contributed by atoms with E-state index in [1.54, 1.807) is 11.1 Å². The number of nitrogen functional groups attached to an aromatic ring is 1. The maximum atomic E-state index is 6.14. The first-order chi connectivity index (χ1) is 10.8. The fourth-order valence-electron chi connectivity index (χ4n) is 5.58. The average molecular weight is 289 g/mol. The normalized spacial score (nSPS) is 31.8. The third kappa shape index (κ3) is 1.78. The zero-order valence-electron chi connectivity index (χ0n) is 13.0. The molecule has 0 heterocycles. The third-order valence-corrected chi connectivity index (χ3v) is 6.46. The predicted molar refractivity (Wildman–Crippen MR) is 91.8 cm³/mol. The Morgan fingerprint density at radius 1 is 0.818 bits per heavy atom. The first kappa shape index (κ1) is 12.8. The van der Waals surface area contributed by atoms with Gasteiger partial charge < -0.3 is 5.73 Å². The van der Waals surface area contributed by atoms with Gasteiger partial charge in [-0.05, 0) is 90.2 Å². The lowest BCUT2D eigenvalue weighted by Gasteiger charge is -2.23. The number of hydrogen-bond acceptors (Lipinski definition) is 1. The molecule has 4 bridgehead atoms. The summed E-state index contributed by atoms with van der Waals surface area (Å²) in [6, 6.07) is 15.8. The second-order valence-corrected chi connectivity index (χ2v) is 7.65. The van der Waals surface area contributed by atoms with E-state index in [9.17, 15) is 0 Å². The molecule has 2 N–H and O–H groups in total. The van der Waals surface area contributed by atoms with E-state index in [0.717, 1.165) is 29.4 Å². The van der Waals surface area contributed by atoms with Crippen LogP contribution in [0.5, 0.6) is 0 Å². The summed E-state index contributed by atoms with van der Waals surface area (Å²) in [5, 5.41) is 0. The van der Waals surface area contributed by atoms with Crippen LogP contribution in [0.15, 0.2) is 42.5 Å². The van der Waals surface area contributed by atoms with Gasteiger partial charge in [0.2, 0.25) is 0 Å². The Bertz CT molecular complexity index is 732. The van der Waals surface area contributed by atoms with Crippen LogP contribution < -0.4 is 5.73 Å². The number of anilines is 1. The van der Waals surface area contributed by atoms with Crippen LogP contribution in [0, 0.1) is 11.8 Å². The lowest BCUT2D eigenvalue weighted by atomic mass is 9.82. The fraction of sp³-hybridized carbons (Fsp3) is 0.429. The number of benzene rings is 2. The van der Waals surface area contributed by atoms with Gasteiger partial charge in [0.1, 0.15) is 0 Å². The Balaban J connectivity index is 1.83. The molecule has 2 saturated carbocycles. The minimum atomic E-state index is 0.734.